The van der Waals surface area contributed by atoms with Gasteiger partial charge in [-0.1, -0.05) is 41.9 Å². The van der Waals surface area contributed by atoms with Crippen LogP contribution < -0.4 is 10.2 Å². The normalized spacial score (nSPS) is 12.7. The number of hydrogen-bond acceptors (Lipinski definition) is 4. The summed E-state index contributed by atoms with van der Waals surface area (Å²) in [6.45, 7) is 0.119. The van der Waals surface area contributed by atoms with Crippen molar-refractivity contribution in [3.63, 3.8) is 0 Å². The van der Waals surface area contributed by atoms with Crippen LogP contribution in [0.5, 0.6) is 0 Å². The van der Waals surface area contributed by atoms with Crippen molar-refractivity contribution < 1.29 is 19.4 Å². The topological polar surface area (TPSA) is 97.0 Å². The number of benzene rings is 2. The second-order valence-electron chi connectivity index (χ2n) is 6.57. The van der Waals surface area contributed by atoms with E-state index < -0.39 is 11.0 Å². The van der Waals surface area contributed by atoms with Gasteiger partial charge in [0.1, 0.15) is 0 Å². The van der Waals surface area contributed by atoms with Crippen LogP contribution in [-0.2, 0) is 9.59 Å². The lowest BCUT2D eigenvalue weighted by Gasteiger charge is -2.25. The molecule has 8 nitrogen and oxygen atoms in total. The number of nitrogens with zero attached hydrogens (tertiary/aromatic N) is 2. The first-order chi connectivity index (χ1) is 13.2. The molecule has 2 aromatic carbocycles. The van der Waals surface area contributed by atoms with E-state index in [2.05, 4.69) is 5.32 Å². The lowest BCUT2D eigenvalue weighted by Crippen LogP contribution is -3.11. The third-order valence-electron chi connectivity index (χ3n) is 4.24. The van der Waals surface area contributed by atoms with Gasteiger partial charge in [-0.05, 0) is 6.07 Å². The monoisotopic (exact) mass is 405 g/mol. The third-order valence-corrected chi connectivity index (χ3v) is 4.55. The van der Waals surface area contributed by atoms with Crippen molar-refractivity contribution in [1.29, 1.82) is 0 Å². The molecule has 2 amide bonds. The lowest BCUT2D eigenvalue weighted by atomic mass is 10.0. The van der Waals surface area contributed by atoms with Crippen LogP contribution in [0.1, 0.15) is 11.6 Å². The molecule has 0 aromatic heterocycles. The van der Waals surface area contributed by atoms with Gasteiger partial charge in [-0.15, -0.1) is 0 Å². The number of non-ortho nitro benzene ring substituents is 1. The fourth-order valence-corrected chi connectivity index (χ4v) is 2.95. The minimum atomic E-state index is -0.670. The molecule has 0 bridgehead atoms. The summed E-state index contributed by atoms with van der Waals surface area (Å²) >= 11 is 6.09. The van der Waals surface area contributed by atoms with E-state index in [9.17, 15) is 19.7 Å². The van der Waals surface area contributed by atoms with Crippen molar-refractivity contribution >= 4 is 34.8 Å². The lowest BCUT2D eigenvalue weighted by molar-refractivity contribution is -0.894. The van der Waals surface area contributed by atoms with Gasteiger partial charge in [0.05, 0.1) is 22.7 Å². The first kappa shape index (κ1) is 21.3. The van der Waals surface area contributed by atoms with E-state index in [0.717, 1.165) is 5.56 Å². The highest BCUT2D eigenvalue weighted by molar-refractivity contribution is 6.34. The molecule has 0 aliphatic carbocycles. The molecule has 2 rings (SSSR count). The number of amides is 2. The van der Waals surface area contributed by atoms with Crippen LogP contribution in [-0.4, -0.2) is 49.3 Å². The van der Waals surface area contributed by atoms with Crippen LogP contribution in [0.15, 0.2) is 48.5 Å². The number of likely N-dealkylation sites (N-methyl/N-ethyl adjacent to an activating group) is 2. The number of anilines is 1. The highest BCUT2D eigenvalue weighted by atomic mass is 35.5. The van der Waals surface area contributed by atoms with Gasteiger partial charge in [-0.25, -0.2) is 0 Å². The van der Waals surface area contributed by atoms with Gasteiger partial charge in [0.15, 0.2) is 12.6 Å². The molecule has 2 aromatic rings. The fourth-order valence-electron chi connectivity index (χ4n) is 2.73. The maximum Gasteiger partial charge on any atom is 0.287 e. The first-order valence-electron chi connectivity index (χ1n) is 8.53. The zero-order chi connectivity index (χ0) is 20.8. The molecule has 0 fully saturated rings. The number of nitrogens with one attached hydrogen (secondary N) is 2. The minimum Gasteiger partial charge on any atom is -0.344 e. The van der Waals surface area contributed by atoms with Gasteiger partial charge in [-0.3, -0.25) is 19.7 Å². The number of halogens is 1. The van der Waals surface area contributed by atoms with Crippen LogP contribution in [0.4, 0.5) is 11.4 Å². The van der Waals surface area contributed by atoms with Gasteiger partial charge >= 0.3 is 0 Å². The van der Waals surface area contributed by atoms with E-state index >= 15 is 0 Å². The molecule has 0 aliphatic rings. The van der Waals surface area contributed by atoms with E-state index in [-0.39, 0.29) is 34.8 Å². The Morgan fingerprint density at radius 1 is 1.21 bits per heavy atom. The molecule has 2 atom stereocenters. The summed E-state index contributed by atoms with van der Waals surface area (Å²) in [6.07, 6.45) is 0. The number of nitro benzene ring substituents is 1. The minimum absolute atomic E-state index is 0.0661. The van der Waals surface area contributed by atoms with E-state index in [1.54, 1.807) is 21.1 Å². The van der Waals surface area contributed by atoms with Crippen molar-refractivity contribution in [2.45, 2.75) is 6.04 Å². The Morgan fingerprint density at radius 2 is 1.86 bits per heavy atom. The van der Waals surface area contributed by atoms with E-state index in [4.69, 9.17) is 11.6 Å². The molecule has 0 saturated carbocycles. The van der Waals surface area contributed by atoms with Gasteiger partial charge in [0.2, 0.25) is 0 Å². The smallest absolute Gasteiger partial charge is 0.287 e. The van der Waals surface area contributed by atoms with Gasteiger partial charge in [0.25, 0.3) is 17.5 Å². The number of rotatable bonds is 7. The molecule has 1 unspecified atom stereocenters. The predicted octanol–water partition coefficient (Wildman–Crippen LogP) is 1.53. The first-order valence-corrected chi connectivity index (χ1v) is 8.90. The van der Waals surface area contributed by atoms with Crippen LogP contribution in [0.2, 0.25) is 5.02 Å². The molecule has 0 radical (unpaired) electrons. The van der Waals surface area contributed by atoms with Crippen LogP contribution >= 0.6 is 11.6 Å². The molecule has 28 heavy (non-hydrogen) atoms. The van der Waals surface area contributed by atoms with Gasteiger partial charge in [0, 0.05) is 31.8 Å². The molecule has 0 aliphatic heterocycles. The summed E-state index contributed by atoms with van der Waals surface area (Å²) in [4.78, 5) is 37.6. The third kappa shape index (κ3) is 5.28. The fraction of sp³-hybridized carbons (Fsp3) is 0.263. The van der Waals surface area contributed by atoms with Gasteiger partial charge < -0.3 is 15.1 Å². The molecule has 148 valence electrons. The Bertz CT molecular complexity index is 873. The molecular weight excluding hydrogens is 384 g/mol. The Hall–Kier alpha value is -2.97. The zero-order valence-electron chi connectivity index (χ0n) is 15.8. The maximum absolute atomic E-state index is 13.0. The molecule has 9 heteroatoms. The molecule has 2 N–H and O–H groups in total. The van der Waals surface area contributed by atoms with Gasteiger partial charge in [-0.2, -0.15) is 0 Å². The average molecular weight is 406 g/mol. The second kappa shape index (κ2) is 9.29. The van der Waals surface area contributed by atoms with Crippen LogP contribution in [0.3, 0.4) is 0 Å². The predicted molar refractivity (Wildman–Crippen MR) is 106 cm³/mol. The summed E-state index contributed by atoms with van der Waals surface area (Å²) < 4.78 is 0. The van der Waals surface area contributed by atoms with Crippen molar-refractivity contribution in [2.75, 3.05) is 33.0 Å². The number of nitro groups is 1. The van der Waals surface area contributed by atoms with Crippen LogP contribution in [0.25, 0.3) is 0 Å². The quantitative estimate of drug-likeness (QED) is 0.539. The van der Waals surface area contributed by atoms with E-state index in [1.165, 1.54) is 23.1 Å². The molecule has 0 spiro atoms. The standard InChI is InChI=1S/C19H21ClN4O4/c1-22(2)17(25)12-23(3)18(13-7-5-4-6-8-13)19(26)21-16-10-9-14(24(27)28)11-15(16)20/h4-11,18H,12H2,1-3H3,(H,21,26)/p+1/t18-/m0/s1. The van der Waals surface area contributed by atoms with Crippen molar-refractivity contribution in [1.82, 2.24) is 4.90 Å². The molecule has 0 saturated heterocycles. The SMILES string of the molecule is CN(C)C(=O)C[NH+](C)[C@H](C(=O)Nc1ccc([N+](=O)[O-])cc1Cl)c1ccccc1. The average Bonchev–Trinajstić information content (AvgIpc) is 2.64. The van der Waals surface area contributed by atoms with E-state index in [0.29, 0.717) is 4.90 Å². The maximum atomic E-state index is 13.0. The number of carbonyl (C=O) groups excluding carboxylic acids is 2. The summed E-state index contributed by atoms with van der Waals surface area (Å²) in [5.74, 6) is -0.481. The largest absolute Gasteiger partial charge is 0.344 e. The zero-order valence-corrected chi connectivity index (χ0v) is 16.6. The molecule has 0 heterocycles. The van der Waals surface area contributed by atoms with Crippen molar-refractivity contribution in [3.8, 4) is 0 Å². The summed E-state index contributed by atoms with van der Waals surface area (Å²) in [5, 5.41) is 13.6. The van der Waals surface area contributed by atoms with Crippen LogP contribution in [0, 0.1) is 10.1 Å². The Kier molecular flexibility index (Phi) is 7.08. The summed E-state index contributed by atoms with van der Waals surface area (Å²) in [6, 6.07) is 12.3. The highest BCUT2D eigenvalue weighted by Crippen LogP contribution is 2.27. The summed E-state index contributed by atoms with van der Waals surface area (Å²) in [5.41, 5.74) is 0.842. The van der Waals surface area contributed by atoms with Crippen molar-refractivity contribution in [3.05, 3.63) is 69.2 Å². The van der Waals surface area contributed by atoms with E-state index in [1.807, 2.05) is 30.3 Å². The number of quaternary nitrogens is 1. The Labute approximate surface area is 167 Å². The Morgan fingerprint density at radius 3 is 2.39 bits per heavy atom. The van der Waals surface area contributed by atoms with Crippen molar-refractivity contribution in [2.24, 2.45) is 0 Å². The number of carbonyl (C=O) groups is 2. The second-order valence-corrected chi connectivity index (χ2v) is 6.97. The highest BCUT2D eigenvalue weighted by Gasteiger charge is 2.31. The summed E-state index contributed by atoms with van der Waals surface area (Å²) in [7, 11) is 5.07. The number of hydrogen-bond donors (Lipinski definition) is 2. The molecular formula is C19H22ClN4O4+. The Balaban J connectivity index is 2.29.